The van der Waals surface area contributed by atoms with Crippen molar-refractivity contribution in [3.05, 3.63) is 48.6 Å². The monoisotopic (exact) mass is 343 g/mol. The molecule has 0 radical (unpaired) electrons. The van der Waals surface area contributed by atoms with Crippen LogP contribution < -0.4 is 5.32 Å². The smallest absolute Gasteiger partial charge is 0.433 e. The van der Waals surface area contributed by atoms with Gasteiger partial charge in [-0.05, 0) is 31.6 Å². The second kappa shape index (κ2) is 9.20. The zero-order chi connectivity index (χ0) is 18.2. The van der Waals surface area contributed by atoms with Crippen LogP contribution in [-0.2, 0) is 10.9 Å². The Morgan fingerprint density at radius 2 is 2.17 bits per heavy atom. The fourth-order valence-corrected chi connectivity index (χ4v) is 1.70. The highest BCUT2D eigenvalue weighted by Gasteiger charge is 2.31. The van der Waals surface area contributed by atoms with Crippen LogP contribution >= 0.6 is 0 Å². The molecule has 1 aromatic heterocycles. The second-order valence-corrected chi connectivity index (χ2v) is 5.46. The van der Waals surface area contributed by atoms with Crippen molar-refractivity contribution < 1.29 is 17.9 Å². The standard InChI is InChI=1S/C17H24F3N3O/c1-5-10-24-14(3)8-9-23(4)13(2)11-21-15-6-7-16(22-12-15)17(18,19)20/h6-9,12-13,21H,3,5,10-11H2,1-2,4H3/b9-8-. The first-order chi connectivity index (χ1) is 11.2. The summed E-state index contributed by atoms with van der Waals surface area (Å²) in [4.78, 5) is 5.38. The molecule has 0 aliphatic rings. The molecule has 0 amide bonds. The van der Waals surface area contributed by atoms with Crippen LogP contribution in [0.3, 0.4) is 0 Å². The van der Waals surface area contributed by atoms with E-state index in [-0.39, 0.29) is 6.04 Å². The van der Waals surface area contributed by atoms with Crippen molar-refractivity contribution in [3.8, 4) is 0 Å². The number of aromatic nitrogens is 1. The van der Waals surface area contributed by atoms with Crippen molar-refractivity contribution in [1.29, 1.82) is 0 Å². The number of nitrogens with zero attached hydrogens (tertiary/aromatic N) is 2. The SMILES string of the molecule is C=C(/C=C\N(C)C(C)CNc1ccc(C(F)(F)F)nc1)OCCC. The molecule has 0 spiro atoms. The molecule has 0 bridgehead atoms. The molecule has 7 heteroatoms. The summed E-state index contributed by atoms with van der Waals surface area (Å²) in [5, 5.41) is 3.07. The van der Waals surface area contributed by atoms with Gasteiger partial charge in [-0.15, -0.1) is 0 Å². The zero-order valence-electron chi connectivity index (χ0n) is 14.2. The van der Waals surface area contributed by atoms with E-state index in [2.05, 4.69) is 16.9 Å². The molecule has 0 aromatic carbocycles. The van der Waals surface area contributed by atoms with E-state index in [0.717, 1.165) is 12.5 Å². The number of allylic oxidation sites excluding steroid dienone is 1. The number of hydrogen-bond acceptors (Lipinski definition) is 4. The Hall–Kier alpha value is -2.18. The molecule has 0 aliphatic carbocycles. The van der Waals surface area contributed by atoms with Gasteiger partial charge in [0, 0.05) is 25.8 Å². The summed E-state index contributed by atoms with van der Waals surface area (Å²) in [5.74, 6) is 0.593. The van der Waals surface area contributed by atoms with Crippen LogP contribution in [0.1, 0.15) is 26.0 Å². The maximum absolute atomic E-state index is 12.5. The molecule has 1 N–H and O–H groups in total. The number of rotatable bonds is 9. The highest BCUT2D eigenvalue weighted by Crippen LogP contribution is 2.27. The van der Waals surface area contributed by atoms with Crippen molar-refractivity contribution in [2.75, 3.05) is 25.5 Å². The van der Waals surface area contributed by atoms with Crippen molar-refractivity contribution in [2.24, 2.45) is 0 Å². The predicted octanol–water partition coefficient (Wildman–Crippen LogP) is 4.29. The molecular weight excluding hydrogens is 319 g/mol. The minimum absolute atomic E-state index is 0.113. The van der Waals surface area contributed by atoms with Crippen LogP contribution in [0.4, 0.5) is 18.9 Å². The van der Waals surface area contributed by atoms with Gasteiger partial charge in [-0.3, -0.25) is 0 Å². The van der Waals surface area contributed by atoms with Crippen molar-refractivity contribution in [2.45, 2.75) is 32.5 Å². The second-order valence-electron chi connectivity index (χ2n) is 5.46. The first kappa shape index (κ1) is 19.9. The minimum atomic E-state index is -4.42. The van der Waals surface area contributed by atoms with Crippen LogP contribution in [0.2, 0.25) is 0 Å². The van der Waals surface area contributed by atoms with Crippen molar-refractivity contribution in [1.82, 2.24) is 9.88 Å². The van der Waals surface area contributed by atoms with Crippen molar-refractivity contribution in [3.63, 3.8) is 0 Å². The van der Waals surface area contributed by atoms with Crippen LogP contribution in [-0.4, -0.2) is 36.1 Å². The van der Waals surface area contributed by atoms with E-state index in [1.807, 2.05) is 32.0 Å². The van der Waals surface area contributed by atoms with Crippen LogP contribution in [0.25, 0.3) is 0 Å². The topological polar surface area (TPSA) is 37.4 Å². The van der Waals surface area contributed by atoms with Gasteiger partial charge in [-0.1, -0.05) is 13.5 Å². The number of pyridine rings is 1. The number of nitrogens with one attached hydrogen (secondary N) is 1. The summed E-state index contributed by atoms with van der Waals surface area (Å²) < 4.78 is 42.7. The van der Waals surface area contributed by atoms with Gasteiger partial charge < -0.3 is 15.0 Å². The van der Waals surface area contributed by atoms with E-state index in [1.54, 1.807) is 6.08 Å². The normalized spacial score (nSPS) is 12.9. The van der Waals surface area contributed by atoms with E-state index in [4.69, 9.17) is 4.74 Å². The fraction of sp³-hybridized carbons (Fsp3) is 0.471. The van der Waals surface area contributed by atoms with Crippen LogP contribution in [0.5, 0.6) is 0 Å². The molecule has 24 heavy (non-hydrogen) atoms. The first-order valence-corrected chi connectivity index (χ1v) is 7.73. The lowest BCUT2D eigenvalue weighted by Gasteiger charge is -2.24. The maximum Gasteiger partial charge on any atom is 0.433 e. The van der Waals surface area contributed by atoms with E-state index < -0.39 is 11.9 Å². The number of ether oxygens (including phenoxy) is 1. The number of hydrogen-bond donors (Lipinski definition) is 1. The molecular formula is C17H24F3N3O. The molecule has 0 saturated carbocycles. The number of likely N-dealkylation sites (N-methyl/N-ethyl adjacent to an activating group) is 1. The summed E-state index contributed by atoms with van der Waals surface area (Å²) in [6.45, 7) is 8.99. The van der Waals surface area contributed by atoms with Gasteiger partial charge in [0.15, 0.2) is 0 Å². The highest BCUT2D eigenvalue weighted by molar-refractivity contribution is 5.41. The lowest BCUT2D eigenvalue weighted by atomic mass is 10.2. The Balaban J connectivity index is 2.46. The van der Waals surface area contributed by atoms with E-state index in [0.29, 0.717) is 24.6 Å². The molecule has 0 aliphatic heterocycles. The lowest BCUT2D eigenvalue weighted by Crippen LogP contribution is -2.31. The number of halogens is 3. The van der Waals surface area contributed by atoms with Gasteiger partial charge in [-0.25, -0.2) is 4.98 Å². The average Bonchev–Trinajstić information content (AvgIpc) is 2.55. The molecule has 4 nitrogen and oxygen atoms in total. The zero-order valence-corrected chi connectivity index (χ0v) is 14.2. The highest BCUT2D eigenvalue weighted by atomic mass is 19.4. The molecule has 134 valence electrons. The predicted molar refractivity (Wildman–Crippen MR) is 89.5 cm³/mol. The van der Waals surface area contributed by atoms with E-state index >= 15 is 0 Å². The van der Waals surface area contributed by atoms with E-state index in [9.17, 15) is 13.2 Å². The Labute approximate surface area is 141 Å². The summed E-state index contributed by atoms with van der Waals surface area (Å²) in [6.07, 6.45) is 1.33. The molecule has 1 atom stereocenters. The molecule has 1 rings (SSSR count). The van der Waals surface area contributed by atoms with Gasteiger partial charge >= 0.3 is 6.18 Å². The Morgan fingerprint density at radius 1 is 1.46 bits per heavy atom. The molecule has 1 heterocycles. The summed E-state index contributed by atoms with van der Waals surface area (Å²) in [6, 6.07) is 2.45. The summed E-state index contributed by atoms with van der Waals surface area (Å²) >= 11 is 0. The summed E-state index contributed by atoms with van der Waals surface area (Å²) in [7, 11) is 1.90. The van der Waals surface area contributed by atoms with E-state index in [1.165, 1.54) is 12.3 Å². The van der Waals surface area contributed by atoms with Crippen LogP contribution in [0, 0.1) is 0 Å². The maximum atomic E-state index is 12.5. The quantitative estimate of drug-likeness (QED) is 0.536. The van der Waals surface area contributed by atoms with Gasteiger partial charge in [-0.2, -0.15) is 13.2 Å². The van der Waals surface area contributed by atoms with Gasteiger partial charge in [0.2, 0.25) is 0 Å². The molecule has 0 saturated heterocycles. The number of alkyl halides is 3. The third-order valence-electron chi connectivity index (χ3n) is 3.34. The number of anilines is 1. The van der Waals surface area contributed by atoms with Crippen LogP contribution in [0.15, 0.2) is 42.9 Å². The average molecular weight is 343 g/mol. The third kappa shape index (κ3) is 6.93. The largest absolute Gasteiger partial charge is 0.494 e. The molecule has 0 fully saturated rings. The van der Waals surface area contributed by atoms with Gasteiger partial charge in [0.25, 0.3) is 0 Å². The first-order valence-electron chi connectivity index (χ1n) is 7.73. The van der Waals surface area contributed by atoms with Gasteiger partial charge in [0.05, 0.1) is 18.5 Å². The molecule has 1 unspecified atom stereocenters. The summed E-state index contributed by atoms with van der Waals surface area (Å²) in [5.41, 5.74) is -0.352. The third-order valence-corrected chi connectivity index (χ3v) is 3.34. The van der Waals surface area contributed by atoms with Gasteiger partial charge in [0.1, 0.15) is 11.5 Å². The Morgan fingerprint density at radius 3 is 2.71 bits per heavy atom. The Kier molecular flexibility index (Phi) is 7.61. The molecule has 1 aromatic rings. The fourth-order valence-electron chi connectivity index (χ4n) is 1.70. The lowest BCUT2D eigenvalue weighted by molar-refractivity contribution is -0.141. The minimum Gasteiger partial charge on any atom is -0.494 e. The Bertz CT molecular complexity index is 541. The van der Waals surface area contributed by atoms with Crippen molar-refractivity contribution >= 4 is 5.69 Å².